The third-order valence-electron chi connectivity index (χ3n) is 1.55. The van der Waals surface area contributed by atoms with E-state index in [4.69, 9.17) is 4.74 Å². The molecule has 0 N–H and O–H groups in total. The fraction of sp³-hybridized carbons (Fsp3) is 0.286. The Labute approximate surface area is 81.2 Å². The predicted molar refractivity (Wildman–Crippen MR) is 49.2 cm³/mol. The highest BCUT2D eigenvalue weighted by atomic mass is 79.9. The average Bonchev–Trinajstić information content (AvgIpc) is 2.30. The molecule has 4 heteroatoms. The van der Waals surface area contributed by atoms with Crippen LogP contribution in [-0.2, 0) is 0 Å². The highest BCUT2D eigenvalue weighted by molar-refractivity contribution is 9.12. The Morgan fingerprint density at radius 3 is 3.00 bits per heavy atom. The molecule has 58 valence electrons. The summed E-state index contributed by atoms with van der Waals surface area (Å²) >= 11 is 6.87. The number of nitrogens with zero attached hydrogens (tertiary/aromatic N) is 1. The first-order valence-corrected chi connectivity index (χ1v) is 5.02. The molecule has 2 nitrogen and oxygen atoms in total. The van der Waals surface area contributed by atoms with E-state index in [2.05, 4.69) is 36.8 Å². The molecule has 1 aliphatic rings. The molecule has 0 radical (unpaired) electrons. The van der Waals surface area contributed by atoms with Crippen LogP contribution in [0.15, 0.2) is 18.3 Å². The summed E-state index contributed by atoms with van der Waals surface area (Å²) in [5.41, 5.74) is 1.11. The van der Waals surface area contributed by atoms with Crippen molar-refractivity contribution in [3.05, 3.63) is 23.9 Å². The first kappa shape index (κ1) is 7.55. The third-order valence-corrected chi connectivity index (χ3v) is 3.95. The molecule has 0 spiro atoms. The summed E-state index contributed by atoms with van der Waals surface area (Å²) in [5.74, 6) is 0.719. The van der Waals surface area contributed by atoms with Gasteiger partial charge in [0.05, 0.1) is 4.83 Å². The van der Waals surface area contributed by atoms with Crippen LogP contribution in [0.4, 0.5) is 0 Å². The highest BCUT2D eigenvalue weighted by Crippen LogP contribution is 2.42. The van der Waals surface area contributed by atoms with Crippen molar-refractivity contribution in [2.24, 2.45) is 0 Å². The molecule has 2 heterocycles. The maximum absolute atomic E-state index is 5.38. The Kier molecular flexibility index (Phi) is 1.89. The van der Waals surface area contributed by atoms with Crippen molar-refractivity contribution in [3.8, 4) is 5.88 Å². The second-order valence-corrected chi connectivity index (χ2v) is 4.16. The molecular weight excluding hydrogens is 274 g/mol. The second-order valence-electron chi connectivity index (χ2n) is 2.27. The lowest BCUT2D eigenvalue weighted by atomic mass is 10.2. The first-order valence-electron chi connectivity index (χ1n) is 3.19. The summed E-state index contributed by atoms with van der Waals surface area (Å²) in [4.78, 5) is 4.29. The topological polar surface area (TPSA) is 22.1 Å². The second kappa shape index (κ2) is 2.75. The molecule has 2 rings (SSSR count). The van der Waals surface area contributed by atoms with Crippen molar-refractivity contribution >= 4 is 31.9 Å². The van der Waals surface area contributed by atoms with Crippen LogP contribution in [0, 0.1) is 0 Å². The molecular formula is C7H5Br2NO. The number of hydrogen-bond donors (Lipinski definition) is 0. The van der Waals surface area contributed by atoms with Crippen LogP contribution in [0.3, 0.4) is 0 Å². The Morgan fingerprint density at radius 1 is 1.45 bits per heavy atom. The first-order chi connectivity index (χ1) is 5.29. The lowest BCUT2D eigenvalue weighted by Gasteiger charge is -2.02. The molecule has 0 aliphatic carbocycles. The fourth-order valence-corrected chi connectivity index (χ4v) is 1.94. The number of pyridine rings is 1. The van der Waals surface area contributed by atoms with Crippen LogP contribution in [0.1, 0.15) is 10.4 Å². The number of aromatic nitrogens is 1. The average molecular weight is 279 g/mol. The van der Waals surface area contributed by atoms with Gasteiger partial charge in [-0.15, -0.1) is 0 Å². The van der Waals surface area contributed by atoms with E-state index < -0.39 is 0 Å². The lowest BCUT2D eigenvalue weighted by Crippen LogP contribution is -2.03. The minimum absolute atomic E-state index is 0.00685. The minimum atomic E-state index is 0.00685. The number of halogens is 2. The maximum atomic E-state index is 5.38. The van der Waals surface area contributed by atoms with Crippen LogP contribution < -0.4 is 4.74 Å². The summed E-state index contributed by atoms with van der Waals surface area (Å²) in [6.45, 7) is 0. The molecule has 1 aromatic heterocycles. The number of alkyl halides is 2. The number of ether oxygens (including phenoxy) is 1. The van der Waals surface area contributed by atoms with Crippen molar-refractivity contribution in [1.82, 2.24) is 4.98 Å². The quantitative estimate of drug-likeness (QED) is 0.681. The Hall–Kier alpha value is -0.0900. The van der Waals surface area contributed by atoms with E-state index in [-0.39, 0.29) is 9.84 Å². The van der Waals surface area contributed by atoms with E-state index in [9.17, 15) is 0 Å². The molecule has 1 aliphatic heterocycles. The van der Waals surface area contributed by atoms with Gasteiger partial charge >= 0.3 is 0 Å². The Morgan fingerprint density at radius 2 is 2.27 bits per heavy atom. The zero-order chi connectivity index (χ0) is 7.84. The van der Waals surface area contributed by atoms with Gasteiger partial charge in [0.15, 0.2) is 5.01 Å². The smallest absolute Gasteiger partial charge is 0.219 e. The zero-order valence-electron chi connectivity index (χ0n) is 5.50. The van der Waals surface area contributed by atoms with Gasteiger partial charge in [-0.25, -0.2) is 4.98 Å². The predicted octanol–water partition coefficient (Wildman–Crippen LogP) is 2.63. The summed E-state index contributed by atoms with van der Waals surface area (Å²) in [7, 11) is 0. The number of rotatable bonds is 0. The van der Waals surface area contributed by atoms with Gasteiger partial charge in [0.25, 0.3) is 0 Å². The molecule has 11 heavy (non-hydrogen) atoms. The van der Waals surface area contributed by atoms with Crippen LogP contribution in [0.5, 0.6) is 5.88 Å². The number of fused-ring (bicyclic) bond motifs is 1. The Balaban J connectivity index is 2.47. The highest BCUT2D eigenvalue weighted by Gasteiger charge is 2.30. The summed E-state index contributed by atoms with van der Waals surface area (Å²) in [6.07, 6.45) is 1.73. The van der Waals surface area contributed by atoms with E-state index in [1.807, 2.05) is 12.1 Å². The van der Waals surface area contributed by atoms with Gasteiger partial charge in [0.2, 0.25) is 5.88 Å². The molecule has 0 saturated carbocycles. The van der Waals surface area contributed by atoms with Crippen molar-refractivity contribution < 1.29 is 4.74 Å². The monoisotopic (exact) mass is 277 g/mol. The molecule has 2 unspecified atom stereocenters. The molecule has 0 aromatic carbocycles. The van der Waals surface area contributed by atoms with E-state index in [1.54, 1.807) is 6.20 Å². The molecule has 1 aromatic rings. The van der Waals surface area contributed by atoms with Crippen molar-refractivity contribution in [3.63, 3.8) is 0 Å². The molecule has 2 atom stereocenters. The van der Waals surface area contributed by atoms with Crippen LogP contribution in [0.2, 0.25) is 0 Å². The van der Waals surface area contributed by atoms with Gasteiger partial charge in [-0.3, -0.25) is 0 Å². The van der Waals surface area contributed by atoms with Gasteiger partial charge < -0.3 is 4.74 Å². The van der Waals surface area contributed by atoms with Crippen LogP contribution in [-0.4, -0.2) is 10.00 Å². The fourth-order valence-electron chi connectivity index (χ4n) is 1.02. The van der Waals surface area contributed by atoms with Crippen LogP contribution in [0.25, 0.3) is 0 Å². The lowest BCUT2D eigenvalue weighted by molar-refractivity contribution is 0.318. The van der Waals surface area contributed by atoms with E-state index in [0.717, 1.165) is 11.4 Å². The van der Waals surface area contributed by atoms with E-state index >= 15 is 0 Å². The standard InChI is InChI=1S/C7H5Br2NO/c8-5-4-2-1-3-10-7(4)11-6(5)9/h1-3,5-6H. The molecule has 0 bridgehead atoms. The molecule has 0 fully saturated rings. The third kappa shape index (κ3) is 1.18. The van der Waals surface area contributed by atoms with Gasteiger partial charge in [0.1, 0.15) is 0 Å². The zero-order valence-corrected chi connectivity index (χ0v) is 8.67. The van der Waals surface area contributed by atoms with Gasteiger partial charge in [-0.1, -0.05) is 22.0 Å². The van der Waals surface area contributed by atoms with Gasteiger partial charge in [-0.05, 0) is 22.0 Å². The SMILES string of the molecule is BrC1Oc2ncccc2C1Br. The molecule has 0 amide bonds. The Bertz CT molecular complexity index is 279. The summed E-state index contributed by atoms with van der Waals surface area (Å²) in [5, 5.41) is 0.00685. The van der Waals surface area contributed by atoms with E-state index in [1.165, 1.54) is 0 Å². The van der Waals surface area contributed by atoms with Gasteiger partial charge in [-0.2, -0.15) is 0 Å². The largest absolute Gasteiger partial charge is 0.461 e. The molecule has 0 saturated heterocycles. The maximum Gasteiger partial charge on any atom is 0.219 e. The van der Waals surface area contributed by atoms with Crippen LogP contribution >= 0.6 is 31.9 Å². The normalized spacial score (nSPS) is 27.8. The van der Waals surface area contributed by atoms with Crippen molar-refractivity contribution in [1.29, 1.82) is 0 Å². The van der Waals surface area contributed by atoms with Crippen molar-refractivity contribution in [2.75, 3.05) is 0 Å². The minimum Gasteiger partial charge on any atom is -0.461 e. The van der Waals surface area contributed by atoms with Crippen molar-refractivity contribution in [2.45, 2.75) is 9.84 Å². The van der Waals surface area contributed by atoms with Gasteiger partial charge in [0, 0.05) is 11.8 Å². The summed E-state index contributed by atoms with van der Waals surface area (Å²) < 4.78 is 5.38. The number of hydrogen-bond acceptors (Lipinski definition) is 2. The van der Waals surface area contributed by atoms with E-state index in [0.29, 0.717) is 0 Å². The summed E-state index contributed by atoms with van der Waals surface area (Å²) in [6, 6.07) is 3.91.